The van der Waals surface area contributed by atoms with Crippen molar-refractivity contribution in [3.8, 4) is 23.0 Å². The number of nitrogens with zero attached hydrogens (tertiary/aromatic N) is 5. The van der Waals surface area contributed by atoms with Crippen LogP contribution >= 0.6 is 23.2 Å². The van der Waals surface area contributed by atoms with Crippen LogP contribution in [0.25, 0.3) is 21.5 Å². The Labute approximate surface area is 493 Å². The summed E-state index contributed by atoms with van der Waals surface area (Å²) in [6.07, 6.45) is 0.661. The molecule has 0 aliphatic rings. The van der Waals surface area contributed by atoms with Gasteiger partial charge < -0.3 is 30.1 Å². The van der Waals surface area contributed by atoms with Crippen LogP contribution in [0.2, 0.25) is 10.0 Å². The van der Waals surface area contributed by atoms with Gasteiger partial charge in [0.15, 0.2) is 5.75 Å². The molecule has 18 nitrogen and oxygen atoms in total. The summed E-state index contributed by atoms with van der Waals surface area (Å²) < 4.78 is 78.5. The van der Waals surface area contributed by atoms with E-state index in [0.29, 0.717) is 81.6 Å². The first-order valence-corrected chi connectivity index (χ1v) is 26.8. The van der Waals surface area contributed by atoms with E-state index in [-0.39, 0.29) is 92.8 Å². The Kier molecular flexibility index (Phi) is 20.4. The molecule has 392 valence electrons. The minimum Gasteiger partial charge on any atom is -0.871 e. The fraction of sp³-hybridized carbons (Fsp3) is 0.148. The number of halogens is 2. The summed E-state index contributed by atoms with van der Waals surface area (Å²) in [6, 6.07) is 35.2. The SMILES string of the molecule is CCOc1cccc(N=C([O-])c2cc3ccccc3c(N=Nc3c(CC)cc(Cl)cc3S(=O)(=O)O)c2[O-])c1.CCOc1cccc(NC(=O)c2cc3ccccc3c(N=Nc3c(CC)cc(Cl)cc3S(=O)(=O)O)c2O)c1.[Ba+2]. The van der Waals surface area contributed by atoms with Crippen LogP contribution in [0.1, 0.15) is 54.7 Å². The van der Waals surface area contributed by atoms with Gasteiger partial charge in [0.25, 0.3) is 26.1 Å². The molecule has 0 unspecified atom stereocenters. The van der Waals surface area contributed by atoms with E-state index >= 15 is 0 Å². The van der Waals surface area contributed by atoms with Crippen LogP contribution in [0.3, 0.4) is 0 Å². The Morgan fingerprint density at radius 1 is 0.597 bits per heavy atom. The molecule has 77 heavy (non-hydrogen) atoms. The number of aliphatic imine (C=N–C) groups is 1. The van der Waals surface area contributed by atoms with Gasteiger partial charge in [0.1, 0.15) is 38.4 Å². The molecule has 0 radical (unpaired) electrons. The monoisotopic (exact) mass is 1240 g/mol. The normalized spacial score (nSPS) is 11.9. The van der Waals surface area contributed by atoms with Crippen LogP contribution in [0.4, 0.5) is 34.1 Å². The van der Waals surface area contributed by atoms with Gasteiger partial charge in [0.05, 0.1) is 30.2 Å². The summed E-state index contributed by atoms with van der Waals surface area (Å²) in [5, 5.41) is 59.0. The average molecular weight is 1240 g/mol. The van der Waals surface area contributed by atoms with E-state index in [9.17, 15) is 46.1 Å². The van der Waals surface area contributed by atoms with Gasteiger partial charge in [0.2, 0.25) is 0 Å². The van der Waals surface area contributed by atoms with Crippen molar-refractivity contribution in [1.82, 2.24) is 0 Å². The predicted molar refractivity (Wildman–Crippen MR) is 294 cm³/mol. The maximum absolute atomic E-state index is 13.4. The summed E-state index contributed by atoms with van der Waals surface area (Å²) in [6.45, 7) is 8.08. The first kappa shape index (κ1) is 59.8. The molecule has 0 aliphatic carbocycles. The molecule has 4 N–H and O–H groups in total. The summed E-state index contributed by atoms with van der Waals surface area (Å²) in [4.78, 5) is 16.2. The van der Waals surface area contributed by atoms with Crippen molar-refractivity contribution in [2.45, 2.75) is 50.3 Å². The fourth-order valence-corrected chi connectivity index (χ4v) is 9.79. The number of nitrogens with one attached hydrogen (secondary N) is 1. The van der Waals surface area contributed by atoms with Gasteiger partial charge in [-0.1, -0.05) is 103 Å². The van der Waals surface area contributed by atoms with Gasteiger partial charge in [-0.25, -0.2) is 0 Å². The molecule has 0 heterocycles. The van der Waals surface area contributed by atoms with Gasteiger partial charge in [-0.05, 0) is 121 Å². The van der Waals surface area contributed by atoms with Crippen molar-refractivity contribution in [3.63, 3.8) is 0 Å². The second-order valence-electron chi connectivity index (χ2n) is 16.3. The number of amides is 1. The van der Waals surface area contributed by atoms with E-state index in [1.165, 1.54) is 24.3 Å². The number of ether oxygens (including phenoxy) is 2. The van der Waals surface area contributed by atoms with Gasteiger partial charge in [-0.2, -0.15) is 21.9 Å². The minimum absolute atomic E-state index is 0. The van der Waals surface area contributed by atoms with E-state index in [2.05, 4.69) is 30.8 Å². The Hall–Kier alpha value is -6.41. The van der Waals surface area contributed by atoms with Crippen molar-refractivity contribution >= 4 is 160 Å². The molecule has 23 heteroatoms. The molecule has 0 bridgehead atoms. The number of phenolic OH excluding ortho intramolecular Hbond substituents is 1. The quantitative estimate of drug-likeness (QED) is 0.0231. The van der Waals surface area contributed by atoms with Crippen molar-refractivity contribution in [1.29, 1.82) is 0 Å². The number of phenols is 1. The number of aryl methyl sites for hydroxylation is 2. The number of rotatable bonds is 16. The Bertz CT molecular complexity index is 3860. The molecule has 0 saturated carbocycles. The van der Waals surface area contributed by atoms with Crippen LogP contribution < -0.4 is 25.0 Å². The molecular formula is C54H46BaCl2N6O12S2. The van der Waals surface area contributed by atoms with Crippen molar-refractivity contribution in [2.75, 3.05) is 18.5 Å². The molecule has 0 atom stereocenters. The van der Waals surface area contributed by atoms with E-state index in [1.54, 1.807) is 111 Å². The minimum atomic E-state index is -4.71. The third-order valence-corrected chi connectivity index (χ3v) is 13.4. The molecule has 8 aromatic carbocycles. The molecule has 8 aromatic rings. The second-order valence-corrected chi connectivity index (χ2v) is 20.0. The number of carbonyl (C=O) groups excluding carboxylic acids is 1. The molecule has 0 fully saturated rings. The van der Waals surface area contributed by atoms with Crippen LogP contribution in [0.15, 0.2) is 169 Å². The average Bonchev–Trinajstić information content (AvgIpc) is 3.38. The van der Waals surface area contributed by atoms with E-state index in [4.69, 9.17) is 32.7 Å². The fourth-order valence-electron chi connectivity index (χ4n) is 7.79. The van der Waals surface area contributed by atoms with Crippen molar-refractivity contribution in [3.05, 3.63) is 166 Å². The van der Waals surface area contributed by atoms with E-state index < -0.39 is 53.3 Å². The number of fused-ring (bicyclic) bond motifs is 2. The first-order chi connectivity index (χ1) is 36.2. The summed E-state index contributed by atoms with van der Waals surface area (Å²) in [7, 11) is -9.39. The third-order valence-electron chi connectivity index (χ3n) is 11.3. The first-order valence-electron chi connectivity index (χ1n) is 23.2. The zero-order valence-electron chi connectivity index (χ0n) is 41.6. The molecule has 0 saturated heterocycles. The zero-order chi connectivity index (χ0) is 54.9. The number of benzene rings is 8. The van der Waals surface area contributed by atoms with Crippen LogP contribution in [-0.4, -0.2) is 105 Å². The summed E-state index contributed by atoms with van der Waals surface area (Å²) in [5.74, 6) is -1.47. The van der Waals surface area contributed by atoms with Crippen LogP contribution in [0.5, 0.6) is 23.0 Å². The van der Waals surface area contributed by atoms with Crippen molar-refractivity contribution < 1.29 is 55.5 Å². The number of carbonyl (C=O) groups is 1. The largest absolute Gasteiger partial charge is 2.00 e. The molecule has 8 rings (SSSR count). The van der Waals surface area contributed by atoms with E-state index in [0.717, 1.165) is 12.1 Å². The maximum atomic E-state index is 13.4. The standard InChI is InChI=1S/2C27H24ClN3O6S.Ba/c2*1-3-16-12-18(28)14-23(38(34,35)36)24(16)30-31-25-21-11-6-5-8-17(21)13-22(26(25)32)27(33)29-19-9-7-10-20(15-19)37-4-2;/h2*5-15,32H,3-4H2,1-2H3,(H,29,33)(H,34,35,36);/q;;+2/p-2. The van der Waals surface area contributed by atoms with Gasteiger partial charge in [0, 0.05) is 38.6 Å². The summed E-state index contributed by atoms with van der Waals surface area (Å²) >= 11 is 12.1. The zero-order valence-corrected chi connectivity index (χ0v) is 49.1. The predicted octanol–water partition coefficient (Wildman–Crippen LogP) is 12.3. The Balaban J connectivity index is 0.000000246. The number of aromatic hydroxyl groups is 1. The Morgan fingerprint density at radius 3 is 1.58 bits per heavy atom. The van der Waals surface area contributed by atoms with Gasteiger partial charge in [-0.3, -0.25) is 18.9 Å². The third kappa shape index (κ3) is 14.6. The summed E-state index contributed by atoms with van der Waals surface area (Å²) in [5.41, 5.74) is 0.775. The molecule has 0 aliphatic heterocycles. The van der Waals surface area contributed by atoms with Crippen molar-refractivity contribution in [2.24, 2.45) is 25.4 Å². The maximum Gasteiger partial charge on any atom is 2.00 e. The molecular weight excluding hydrogens is 1200 g/mol. The smallest absolute Gasteiger partial charge is 0.871 e. The molecule has 0 spiro atoms. The number of hydrogen-bond donors (Lipinski definition) is 4. The van der Waals surface area contributed by atoms with Crippen LogP contribution in [0, 0.1) is 0 Å². The van der Waals surface area contributed by atoms with Gasteiger partial charge >= 0.3 is 48.9 Å². The number of hydrogen-bond acceptors (Lipinski definition) is 15. The van der Waals surface area contributed by atoms with E-state index in [1.807, 2.05) is 13.8 Å². The number of azo groups is 2. The Morgan fingerprint density at radius 2 is 1.06 bits per heavy atom. The number of anilines is 1. The van der Waals surface area contributed by atoms with Crippen LogP contribution in [-0.2, 0) is 33.1 Å². The topological polar surface area (TPSA) is 284 Å². The second kappa shape index (κ2) is 26.3. The van der Waals surface area contributed by atoms with Gasteiger partial charge in [-0.15, -0.1) is 15.3 Å². The molecule has 0 aromatic heterocycles. The molecule has 1 amide bonds.